The van der Waals surface area contributed by atoms with Gasteiger partial charge in [0.05, 0.1) is 6.54 Å². The highest BCUT2D eigenvalue weighted by atomic mass is 19.3. The average Bonchev–Trinajstić information content (AvgIpc) is 2.47. The quantitative estimate of drug-likeness (QED) is 0.612. The molecule has 0 saturated carbocycles. The number of carbonyl (C=O) groups is 1. The normalized spacial score (nSPS) is 10.6. The topological polar surface area (TPSA) is 60.7 Å². The molecule has 0 N–H and O–H groups in total. The van der Waals surface area contributed by atoms with Gasteiger partial charge in [-0.25, -0.2) is 13.5 Å². The van der Waals surface area contributed by atoms with Gasteiger partial charge >= 0.3 is 0 Å². The van der Waals surface area contributed by atoms with Gasteiger partial charge in [0.1, 0.15) is 0 Å². The van der Waals surface area contributed by atoms with Crippen molar-refractivity contribution in [2.45, 2.75) is 19.4 Å². The summed E-state index contributed by atoms with van der Waals surface area (Å²) in [5, 5.41) is 9.81. The molecule has 0 aliphatic carbocycles. The highest BCUT2D eigenvalue weighted by Crippen LogP contribution is 2.01. The van der Waals surface area contributed by atoms with Gasteiger partial charge in [0.2, 0.25) is 12.2 Å². The second-order valence-corrected chi connectivity index (χ2v) is 2.06. The number of aromatic nitrogens is 4. The van der Waals surface area contributed by atoms with E-state index in [-0.39, 0.29) is 18.8 Å². The van der Waals surface area contributed by atoms with Crippen molar-refractivity contribution in [2.75, 3.05) is 0 Å². The third kappa shape index (κ3) is 2.04. The fourth-order valence-corrected chi connectivity index (χ4v) is 0.675. The van der Waals surface area contributed by atoms with Crippen molar-refractivity contribution in [1.82, 2.24) is 20.2 Å². The minimum atomic E-state index is -2.41. The Bertz CT molecular complexity index is 262. The molecule has 0 aliphatic heterocycles. The van der Waals surface area contributed by atoms with Crippen LogP contribution >= 0.6 is 0 Å². The number of tetrazole rings is 1. The molecule has 1 aromatic heterocycles. The molecule has 12 heavy (non-hydrogen) atoms. The molecular formula is C5H6F2N4O. The van der Waals surface area contributed by atoms with Crippen LogP contribution < -0.4 is 0 Å². The number of alkyl halides is 2. The summed E-state index contributed by atoms with van der Waals surface area (Å²) in [4.78, 5) is 10.2. The highest BCUT2D eigenvalue weighted by Gasteiger charge is 2.07. The number of aryl methyl sites for hydroxylation is 1. The first kappa shape index (κ1) is 8.69. The summed E-state index contributed by atoms with van der Waals surface area (Å²) < 4.78 is 24.4. The molecule has 0 unspecified atom stereocenters. The lowest BCUT2D eigenvalue weighted by molar-refractivity contribution is 0.109. The molecular weight excluding hydrogens is 170 g/mol. The standard InChI is InChI=1S/C5H6F2N4O/c6-4(7)1-2-11-5(3-12)8-9-10-11/h3-4H,1-2H2. The van der Waals surface area contributed by atoms with Crippen molar-refractivity contribution in [1.29, 1.82) is 0 Å². The van der Waals surface area contributed by atoms with Gasteiger partial charge in [-0.15, -0.1) is 5.10 Å². The van der Waals surface area contributed by atoms with E-state index in [2.05, 4.69) is 15.5 Å². The van der Waals surface area contributed by atoms with Gasteiger partial charge < -0.3 is 0 Å². The van der Waals surface area contributed by atoms with Gasteiger partial charge in [-0.3, -0.25) is 4.79 Å². The molecule has 0 radical (unpaired) electrons. The van der Waals surface area contributed by atoms with E-state index < -0.39 is 6.43 Å². The predicted molar refractivity (Wildman–Crippen MR) is 33.8 cm³/mol. The van der Waals surface area contributed by atoms with E-state index in [0.717, 1.165) is 4.68 Å². The molecule has 0 spiro atoms. The lowest BCUT2D eigenvalue weighted by Crippen LogP contribution is -2.08. The summed E-state index contributed by atoms with van der Waals surface area (Å²) in [6.07, 6.45) is -2.34. The zero-order valence-electron chi connectivity index (χ0n) is 6.02. The molecule has 0 fully saturated rings. The summed E-state index contributed by atoms with van der Waals surface area (Å²) in [7, 11) is 0. The number of halogens is 2. The number of nitrogens with zero attached hydrogens (tertiary/aromatic N) is 4. The van der Waals surface area contributed by atoms with Crippen LogP contribution in [0.4, 0.5) is 8.78 Å². The minimum absolute atomic E-state index is 0.0318. The van der Waals surface area contributed by atoms with E-state index in [9.17, 15) is 13.6 Å². The van der Waals surface area contributed by atoms with Gasteiger partial charge in [0.15, 0.2) is 6.29 Å². The number of hydrogen-bond donors (Lipinski definition) is 0. The molecule has 7 heteroatoms. The van der Waals surface area contributed by atoms with E-state index >= 15 is 0 Å². The van der Waals surface area contributed by atoms with Crippen LogP contribution in [-0.2, 0) is 6.54 Å². The molecule has 0 aliphatic rings. The largest absolute Gasteiger partial charge is 0.294 e. The summed E-state index contributed by atoms with van der Waals surface area (Å²) in [5.74, 6) is -0.0318. The van der Waals surface area contributed by atoms with Crippen LogP contribution in [0.2, 0.25) is 0 Å². The monoisotopic (exact) mass is 176 g/mol. The Hall–Kier alpha value is -1.40. The number of carbonyl (C=O) groups excluding carboxylic acids is 1. The van der Waals surface area contributed by atoms with E-state index in [1.54, 1.807) is 0 Å². The first-order chi connectivity index (χ1) is 5.74. The molecule has 1 aromatic rings. The molecule has 0 aromatic carbocycles. The maximum Gasteiger partial charge on any atom is 0.240 e. The number of hydrogen-bond acceptors (Lipinski definition) is 4. The van der Waals surface area contributed by atoms with E-state index in [1.807, 2.05) is 0 Å². The molecule has 0 bridgehead atoms. The van der Waals surface area contributed by atoms with Crippen LogP contribution in [-0.4, -0.2) is 32.9 Å². The molecule has 0 saturated heterocycles. The van der Waals surface area contributed by atoms with Crippen molar-refractivity contribution < 1.29 is 13.6 Å². The predicted octanol–water partition coefficient (Wildman–Crippen LogP) is 0.141. The van der Waals surface area contributed by atoms with Crippen molar-refractivity contribution in [3.05, 3.63) is 5.82 Å². The van der Waals surface area contributed by atoms with Gasteiger partial charge in [0.25, 0.3) is 0 Å². The van der Waals surface area contributed by atoms with Crippen LogP contribution in [0.25, 0.3) is 0 Å². The fourth-order valence-electron chi connectivity index (χ4n) is 0.675. The first-order valence-electron chi connectivity index (χ1n) is 3.23. The molecule has 5 nitrogen and oxygen atoms in total. The maximum absolute atomic E-state index is 11.7. The summed E-state index contributed by atoms with van der Waals surface area (Å²) in [6.45, 7) is -0.0429. The third-order valence-corrected chi connectivity index (χ3v) is 1.22. The fraction of sp³-hybridized carbons (Fsp3) is 0.600. The van der Waals surface area contributed by atoms with Crippen molar-refractivity contribution in [3.8, 4) is 0 Å². The summed E-state index contributed by atoms with van der Waals surface area (Å²) in [6, 6.07) is 0. The van der Waals surface area contributed by atoms with Crippen molar-refractivity contribution >= 4 is 6.29 Å². The van der Waals surface area contributed by atoms with Crippen LogP contribution in [0.3, 0.4) is 0 Å². The first-order valence-corrected chi connectivity index (χ1v) is 3.23. The van der Waals surface area contributed by atoms with Gasteiger partial charge in [0, 0.05) is 6.42 Å². The minimum Gasteiger partial charge on any atom is -0.294 e. The second-order valence-electron chi connectivity index (χ2n) is 2.06. The Labute approximate surface area is 66.4 Å². The lowest BCUT2D eigenvalue weighted by atomic mass is 10.4. The van der Waals surface area contributed by atoms with E-state index in [4.69, 9.17) is 0 Å². The van der Waals surface area contributed by atoms with Gasteiger partial charge in [-0.05, 0) is 10.4 Å². The summed E-state index contributed by atoms with van der Waals surface area (Å²) >= 11 is 0. The smallest absolute Gasteiger partial charge is 0.240 e. The van der Waals surface area contributed by atoms with Crippen LogP contribution in [0.15, 0.2) is 0 Å². The van der Waals surface area contributed by atoms with Crippen molar-refractivity contribution in [2.24, 2.45) is 0 Å². The molecule has 66 valence electrons. The highest BCUT2D eigenvalue weighted by molar-refractivity contribution is 5.68. The van der Waals surface area contributed by atoms with Crippen LogP contribution in [0, 0.1) is 0 Å². The Morgan fingerprint density at radius 2 is 2.33 bits per heavy atom. The second kappa shape index (κ2) is 3.84. The molecule has 0 atom stereocenters. The number of rotatable bonds is 4. The summed E-state index contributed by atoms with van der Waals surface area (Å²) in [5.41, 5.74) is 0. The zero-order chi connectivity index (χ0) is 8.97. The van der Waals surface area contributed by atoms with Crippen molar-refractivity contribution in [3.63, 3.8) is 0 Å². The van der Waals surface area contributed by atoms with Crippen LogP contribution in [0.1, 0.15) is 17.0 Å². The Morgan fingerprint density at radius 3 is 2.92 bits per heavy atom. The molecule has 1 heterocycles. The molecule has 1 rings (SSSR count). The number of aldehydes is 1. The lowest BCUT2D eigenvalue weighted by Gasteiger charge is -1.98. The zero-order valence-corrected chi connectivity index (χ0v) is 6.02. The van der Waals surface area contributed by atoms with Crippen LogP contribution in [0.5, 0.6) is 0 Å². The Balaban J connectivity index is 2.56. The van der Waals surface area contributed by atoms with E-state index in [1.165, 1.54) is 0 Å². The maximum atomic E-state index is 11.7. The SMILES string of the molecule is O=Cc1nnnn1CCC(F)F. The average molecular weight is 176 g/mol. The Kier molecular flexibility index (Phi) is 2.78. The Morgan fingerprint density at radius 1 is 1.58 bits per heavy atom. The third-order valence-electron chi connectivity index (χ3n) is 1.22. The molecule has 0 amide bonds. The van der Waals surface area contributed by atoms with Gasteiger partial charge in [-0.1, -0.05) is 0 Å². The van der Waals surface area contributed by atoms with Gasteiger partial charge in [-0.2, -0.15) is 0 Å². The van der Waals surface area contributed by atoms with E-state index in [0.29, 0.717) is 6.29 Å².